The molecule has 0 saturated heterocycles. The van der Waals surface area contributed by atoms with Gasteiger partial charge in [0.2, 0.25) is 0 Å². The van der Waals surface area contributed by atoms with E-state index in [4.69, 9.17) is 14.7 Å². The lowest BCUT2D eigenvalue weighted by molar-refractivity contribution is -0.137. The van der Waals surface area contributed by atoms with Crippen LogP contribution in [0, 0.1) is 20.8 Å². The molecule has 256 valence electrons. The highest BCUT2D eigenvalue weighted by Crippen LogP contribution is 2.43. The maximum Gasteiger partial charge on any atom is 0.338 e. The van der Waals surface area contributed by atoms with E-state index in [0.29, 0.717) is 47.9 Å². The van der Waals surface area contributed by atoms with Crippen LogP contribution in [0.5, 0.6) is 0 Å². The molecule has 0 aromatic carbocycles. The van der Waals surface area contributed by atoms with Gasteiger partial charge in [-0.25, -0.2) is 9.78 Å². The van der Waals surface area contributed by atoms with E-state index in [9.17, 15) is 19.8 Å². The second-order valence-corrected chi connectivity index (χ2v) is 13.4. The maximum atomic E-state index is 12.7. The van der Waals surface area contributed by atoms with Crippen molar-refractivity contribution in [2.75, 3.05) is 6.61 Å². The molecule has 48 heavy (non-hydrogen) atoms. The van der Waals surface area contributed by atoms with Crippen molar-refractivity contribution in [3.05, 3.63) is 68.8 Å². The number of aromatic amines is 2. The summed E-state index contributed by atoms with van der Waals surface area (Å²) >= 11 is 0. The van der Waals surface area contributed by atoms with Gasteiger partial charge in [-0.2, -0.15) is 0 Å². The summed E-state index contributed by atoms with van der Waals surface area (Å²) in [5.41, 5.74) is 12.1. The highest BCUT2D eigenvalue weighted by molar-refractivity contribution is 6.24. The van der Waals surface area contributed by atoms with Crippen LogP contribution in [0.3, 0.4) is 0 Å². The highest BCUT2D eigenvalue weighted by Gasteiger charge is 2.33. The third-order valence-electron chi connectivity index (χ3n) is 10.3. The minimum Gasteiger partial charge on any atom is -0.481 e. The van der Waals surface area contributed by atoms with Gasteiger partial charge in [0.25, 0.3) is 0 Å². The van der Waals surface area contributed by atoms with Crippen molar-refractivity contribution < 1.29 is 24.5 Å². The topological polar surface area (TPSA) is 141 Å². The molecule has 0 spiro atoms. The molecule has 2 aliphatic heterocycles. The standard InChI is InChI=1S/C39H50N4O5/c1-8-10-11-12-13-16-48-20-28-23(5)29-17-31-22(4)27(14-15-35(44)45)37(42-31)25(7)38-36(39(46)47)24(6)32(43-38)19-33-26(9-2)21(3)30(40-33)18-34(28)41-29/h17-19,22,27,40-41H,8-16,20H2,1-7H3,(H,44,45)(H,46,47)/t22-,27-/m0/s1. The maximum absolute atomic E-state index is 12.7. The van der Waals surface area contributed by atoms with Gasteiger partial charge in [0.05, 0.1) is 23.6 Å². The van der Waals surface area contributed by atoms with Gasteiger partial charge in [-0.3, -0.25) is 9.78 Å². The average Bonchev–Trinajstić information content (AvgIpc) is 3.72. The van der Waals surface area contributed by atoms with E-state index in [2.05, 4.69) is 56.7 Å². The molecule has 8 bridgehead atoms. The van der Waals surface area contributed by atoms with Crippen LogP contribution >= 0.6 is 0 Å². The second-order valence-electron chi connectivity index (χ2n) is 13.4. The number of carboxylic acid groups (broad SMARTS) is 2. The van der Waals surface area contributed by atoms with Crippen molar-refractivity contribution in [1.29, 1.82) is 0 Å². The van der Waals surface area contributed by atoms with Crippen LogP contribution in [0.15, 0.2) is 18.2 Å². The average molecular weight is 655 g/mol. The lowest BCUT2D eigenvalue weighted by Crippen LogP contribution is -2.08. The predicted molar refractivity (Wildman–Crippen MR) is 191 cm³/mol. The van der Waals surface area contributed by atoms with Crippen LogP contribution in [-0.2, 0) is 27.4 Å². The molecule has 4 N–H and O–H groups in total. The Morgan fingerprint density at radius 1 is 0.833 bits per heavy atom. The van der Waals surface area contributed by atoms with Crippen molar-refractivity contribution in [3.8, 4) is 0 Å². The molecule has 0 saturated carbocycles. The number of fused-ring (bicyclic) bond motifs is 8. The fourth-order valence-corrected chi connectivity index (χ4v) is 7.26. The minimum atomic E-state index is -1.05. The first kappa shape index (κ1) is 35.1. The first-order chi connectivity index (χ1) is 23.0. The van der Waals surface area contributed by atoms with Gasteiger partial charge in [0.15, 0.2) is 0 Å². The Bertz CT molecular complexity index is 1910. The smallest absolute Gasteiger partial charge is 0.338 e. The van der Waals surface area contributed by atoms with E-state index in [0.717, 1.165) is 62.9 Å². The largest absolute Gasteiger partial charge is 0.481 e. The second kappa shape index (κ2) is 14.9. The summed E-state index contributed by atoms with van der Waals surface area (Å²) in [5, 5.41) is 19.9. The van der Waals surface area contributed by atoms with Crippen molar-refractivity contribution in [2.45, 2.75) is 118 Å². The molecule has 9 heteroatoms. The van der Waals surface area contributed by atoms with Gasteiger partial charge in [0, 0.05) is 63.9 Å². The van der Waals surface area contributed by atoms with E-state index in [-0.39, 0.29) is 23.8 Å². The summed E-state index contributed by atoms with van der Waals surface area (Å²) in [6.45, 7) is 15.5. The number of allylic oxidation sites excluding steroid dienone is 1. The summed E-state index contributed by atoms with van der Waals surface area (Å²) < 4.78 is 6.25. The number of nitrogens with one attached hydrogen (secondary N) is 2. The number of ether oxygens (including phenoxy) is 1. The van der Waals surface area contributed by atoms with Gasteiger partial charge >= 0.3 is 11.9 Å². The van der Waals surface area contributed by atoms with Crippen LogP contribution in [0.1, 0.15) is 135 Å². The first-order valence-electron chi connectivity index (χ1n) is 17.4. The molecule has 5 heterocycles. The van der Waals surface area contributed by atoms with Gasteiger partial charge in [-0.15, -0.1) is 0 Å². The van der Waals surface area contributed by atoms with E-state index < -0.39 is 11.9 Å². The predicted octanol–water partition coefficient (Wildman–Crippen LogP) is 9.06. The van der Waals surface area contributed by atoms with Crippen LogP contribution in [0.25, 0.3) is 33.2 Å². The Hall–Kier alpha value is -4.24. The number of aliphatic carboxylic acids is 2. The number of aromatic nitrogens is 4. The fraction of sp³-hybridized carbons (Fsp3) is 0.487. The first-order valence-corrected chi connectivity index (χ1v) is 17.4. The molecule has 0 radical (unpaired) electrons. The molecule has 0 amide bonds. The number of rotatable bonds is 13. The van der Waals surface area contributed by atoms with E-state index in [1.165, 1.54) is 25.7 Å². The molecule has 0 unspecified atom stereocenters. The Labute approximate surface area is 282 Å². The monoisotopic (exact) mass is 654 g/mol. The number of nitrogens with zero attached hydrogens (tertiary/aromatic N) is 2. The third-order valence-corrected chi connectivity index (χ3v) is 10.3. The molecule has 2 atom stereocenters. The number of hydrogen-bond donors (Lipinski definition) is 4. The zero-order valence-electron chi connectivity index (χ0n) is 29.5. The zero-order valence-corrected chi connectivity index (χ0v) is 29.5. The van der Waals surface area contributed by atoms with Crippen molar-refractivity contribution >= 4 is 45.2 Å². The Morgan fingerprint density at radius 3 is 2.17 bits per heavy atom. The fourth-order valence-electron chi connectivity index (χ4n) is 7.26. The molecule has 3 aromatic heterocycles. The summed E-state index contributed by atoms with van der Waals surface area (Å²) in [5.74, 6) is -2.21. The summed E-state index contributed by atoms with van der Waals surface area (Å²) in [6.07, 6.45) is 7.07. The Morgan fingerprint density at radius 2 is 1.50 bits per heavy atom. The summed E-state index contributed by atoms with van der Waals surface area (Å²) in [4.78, 5) is 41.7. The van der Waals surface area contributed by atoms with Gasteiger partial charge in [0.1, 0.15) is 0 Å². The van der Waals surface area contributed by atoms with Gasteiger partial charge < -0.3 is 24.9 Å². The van der Waals surface area contributed by atoms with Crippen LogP contribution < -0.4 is 0 Å². The van der Waals surface area contributed by atoms with E-state index >= 15 is 0 Å². The molecule has 0 aliphatic carbocycles. The quantitative estimate of drug-likeness (QED) is 0.135. The molecule has 3 aromatic rings. The number of H-pyrrole nitrogens is 2. The minimum absolute atomic E-state index is 0.0124. The molecular weight excluding hydrogens is 604 g/mol. The number of hydrogen-bond acceptors (Lipinski definition) is 5. The number of carbonyl (C=O) groups is 2. The SMILES string of the molecule is CCCCCCCOCc1c(C)c2cc3nc(c(C)c4nc(cc5[nH]c(cc1[nH]2)c(C)c5CC)C(C)=C4C(=O)O)[C@@H](CCC(=O)O)[C@@H]3C. The van der Waals surface area contributed by atoms with E-state index in [1.54, 1.807) is 6.92 Å². The molecular formula is C39H50N4O5. The number of aryl methyl sites for hydroxylation is 3. The van der Waals surface area contributed by atoms with E-state index in [1.807, 2.05) is 13.0 Å². The molecule has 2 aliphatic rings. The van der Waals surface area contributed by atoms with Crippen molar-refractivity contribution in [2.24, 2.45) is 0 Å². The Kier molecular flexibility index (Phi) is 10.9. The zero-order chi connectivity index (χ0) is 34.7. The Balaban J connectivity index is 1.79. The lowest BCUT2D eigenvalue weighted by Gasteiger charge is -2.16. The van der Waals surface area contributed by atoms with Gasteiger partial charge in [-0.1, -0.05) is 46.5 Å². The van der Waals surface area contributed by atoms with Crippen LogP contribution in [0.2, 0.25) is 0 Å². The summed E-state index contributed by atoms with van der Waals surface area (Å²) in [7, 11) is 0. The van der Waals surface area contributed by atoms with Crippen LogP contribution in [0.4, 0.5) is 0 Å². The van der Waals surface area contributed by atoms with Crippen molar-refractivity contribution in [1.82, 2.24) is 19.9 Å². The molecule has 5 rings (SSSR count). The molecule has 9 nitrogen and oxygen atoms in total. The summed E-state index contributed by atoms with van der Waals surface area (Å²) in [6, 6.07) is 6.16. The third kappa shape index (κ3) is 6.97. The van der Waals surface area contributed by atoms with Gasteiger partial charge in [-0.05, 0) is 93.0 Å². The van der Waals surface area contributed by atoms with Crippen LogP contribution in [-0.4, -0.2) is 48.7 Å². The molecule has 0 fully saturated rings. The normalized spacial score (nSPS) is 16.1. The highest BCUT2D eigenvalue weighted by atomic mass is 16.5. The van der Waals surface area contributed by atoms with Crippen molar-refractivity contribution in [3.63, 3.8) is 0 Å². The lowest BCUT2D eigenvalue weighted by atomic mass is 9.85. The number of unbranched alkanes of at least 4 members (excludes halogenated alkanes) is 4. The number of carboxylic acids is 2.